The maximum atomic E-state index is 13.2. The maximum absolute atomic E-state index is 13.2. The minimum Gasteiger partial charge on any atom is -0.508 e. The Morgan fingerprint density at radius 3 is 2.32 bits per heavy atom. The van der Waals surface area contributed by atoms with Crippen LogP contribution in [0.1, 0.15) is 78.4 Å². The fraction of sp³-hybridized carbons (Fsp3) is 0.281. The van der Waals surface area contributed by atoms with E-state index in [9.17, 15) is 20.1 Å². The molecule has 5 nitrogen and oxygen atoms in total. The van der Waals surface area contributed by atoms with Gasteiger partial charge in [-0.3, -0.25) is 4.79 Å². The molecule has 3 N–H and O–H groups in total. The van der Waals surface area contributed by atoms with Crippen LogP contribution in [0.3, 0.4) is 0 Å². The molecule has 3 aromatic rings. The number of carbonyl (C=O) groups excluding carboxylic acids is 1. The van der Waals surface area contributed by atoms with Gasteiger partial charge in [0.05, 0.1) is 7.11 Å². The molecule has 194 valence electrons. The molecule has 3 aromatic carbocycles. The van der Waals surface area contributed by atoms with Gasteiger partial charge in [-0.25, -0.2) is 0 Å². The lowest BCUT2D eigenvalue weighted by molar-refractivity contribution is 0.104. The fourth-order valence-corrected chi connectivity index (χ4v) is 4.33. The number of ether oxygens (including phenoxy) is 1. The molecular weight excluding hydrogens is 464 g/mol. The summed E-state index contributed by atoms with van der Waals surface area (Å²) in [6.45, 7) is 2.19. The fourth-order valence-electron chi connectivity index (χ4n) is 4.33. The van der Waals surface area contributed by atoms with Crippen LogP contribution < -0.4 is 4.74 Å². The van der Waals surface area contributed by atoms with Crippen molar-refractivity contribution in [2.75, 3.05) is 7.11 Å². The first-order valence-electron chi connectivity index (χ1n) is 12.8. The van der Waals surface area contributed by atoms with E-state index >= 15 is 0 Å². The Labute approximate surface area is 219 Å². The zero-order valence-corrected chi connectivity index (χ0v) is 21.6. The van der Waals surface area contributed by atoms with Crippen LogP contribution in [0.5, 0.6) is 23.0 Å². The van der Waals surface area contributed by atoms with Crippen LogP contribution in [0.4, 0.5) is 0 Å². The van der Waals surface area contributed by atoms with Gasteiger partial charge in [-0.2, -0.15) is 0 Å². The zero-order valence-electron chi connectivity index (χ0n) is 21.6. The highest BCUT2D eigenvalue weighted by atomic mass is 16.5. The number of ketones is 1. The van der Waals surface area contributed by atoms with Crippen LogP contribution in [-0.2, 0) is 0 Å². The molecule has 1 unspecified atom stereocenters. The molecule has 3 rings (SSSR count). The summed E-state index contributed by atoms with van der Waals surface area (Å²) in [6.07, 6.45) is 13.7. The second-order valence-electron chi connectivity index (χ2n) is 9.04. The third kappa shape index (κ3) is 7.50. The molecule has 0 fully saturated rings. The van der Waals surface area contributed by atoms with Gasteiger partial charge < -0.3 is 20.1 Å². The quantitative estimate of drug-likeness (QED) is 0.0966. The van der Waals surface area contributed by atoms with E-state index < -0.39 is 11.7 Å². The predicted molar refractivity (Wildman–Crippen MR) is 149 cm³/mol. The number of unbranched alkanes of at least 4 members (excludes halogenated alkanes) is 5. The lowest BCUT2D eigenvalue weighted by Gasteiger charge is -2.20. The van der Waals surface area contributed by atoms with Gasteiger partial charge in [-0.15, -0.1) is 0 Å². The Morgan fingerprint density at radius 2 is 1.65 bits per heavy atom. The van der Waals surface area contributed by atoms with Crippen molar-refractivity contribution in [2.45, 2.75) is 51.4 Å². The molecule has 0 aliphatic rings. The first-order chi connectivity index (χ1) is 18.0. The Hall–Kier alpha value is -3.99. The van der Waals surface area contributed by atoms with Gasteiger partial charge in [0.25, 0.3) is 0 Å². The largest absolute Gasteiger partial charge is 0.508 e. The van der Waals surface area contributed by atoms with E-state index in [1.54, 1.807) is 30.3 Å². The van der Waals surface area contributed by atoms with Crippen molar-refractivity contribution < 1.29 is 24.9 Å². The van der Waals surface area contributed by atoms with E-state index in [-0.39, 0.29) is 34.1 Å². The van der Waals surface area contributed by atoms with Crippen LogP contribution in [0.2, 0.25) is 0 Å². The van der Waals surface area contributed by atoms with Gasteiger partial charge in [0, 0.05) is 17.5 Å². The number of phenolic OH excluding ortho intramolecular Hbond substituents is 3. The molecule has 0 spiro atoms. The summed E-state index contributed by atoms with van der Waals surface area (Å²) >= 11 is 0. The van der Waals surface area contributed by atoms with E-state index in [1.807, 2.05) is 42.5 Å². The number of rotatable bonds is 13. The summed E-state index contributed by atoms with van der Waals surface area (Å²) in [5, 5.41) is 32.1. The average molecular weight is 501 g/mol. The smallest absolute Gasteiger partial charge is 0.193 e. The van der Waals surface area contributed by atoms with Crippen LogP contribution in [0.15, 0.2) is 78.9 Å². The van der Waals surface area contributed by atoms with Gasteiger partial charge in [-0.1, -0.05) is 93.3 Å². The second kappa shape index (κ2) is 13.9. The van der Waals surface area contributed by atoms with Crippen molar-refractivity contribution in [1.29, 1.82) is 0 Å². The summed E-state index contributed by atoms with van der Waals surface area (Å²) in [7, 11) is 1.39. The normalized spacial score (nSPS) is 12.3. The van der Waals surface area contributed by atoms with Crippen LogP contribution in [0, 0.1) is 0 Å². The number of hydrogen-bond donors (Lipinski definition) is 3. The number of hydrogen-bond acceptors (Lipinski definition) is 5. The minimum atomic E-state index is -0.535. The van der Waals surface area contributed by atoms with Gasteiger partial charge in [0.2, 0.25) is 0 Å². The molecule has 0 radical (unpaired) electrons. The summed E-state index contributed by atoms with van der Waals surface area (Å²) in [5.41, 5.74) is 1.80. The van der Waals surface area contributed by atoms with Gasteiger partial charge in [0.1, 0.15) is 28.6 Å². The predicted octanol–water partition coefficient (Wildman–Crippen LogP) is 7.76. The second-order valence-corrected chi connectivity index (χ2v) is 9.04. The topological polar surface area (TPSA) is 87.0 Å². The SMILES string of the molecule is CCCCCCC/C=C/C(c1ccc(O)cc1)c1c(O)cc(OC)c(C(=O)/C=C/c2ccccc2)c1O. The van der Waals surface area contributed by atoms with Crippen molar-refractivity contribution >= 4 is 11.9 Å². The molecule has 0 heterocycles. The highest BCUT2D eigenvalue weighted by Gasteiger charge is 2.27. The van der Waals surface area contributed by atoms with E-state index in [0.717, 1.165) is 30.4 Å². The molecule has 1 atom stereocenters. The molecule has 0 bridgehead atoms. The minimum absolute atomic E-state index is 0.0146. The highest BCUT2D eigenvalue weighted by molar-refractivity contribution is 6.11. The number of aromatic hydroxyl groups is 3. The van der Waals surface area contributed by atoms with E-state index in [2.05, 4.69) is 6.92 Å². The Bertz CT molecular complexity index is 1210. The molecule has 0 amide bonds. The van der Waals surface area contributed by atoms with Crippen LogP contribution in [0.25, 0.3) is 6.08 Å². The summed E-state index contributed by atoms with van der Waals surface area (Å²) < 4.78 is 5.36. The first kappa shape index (κ1) is 27.6. The van der Waals surface area contributed by atoms with E-state index in [0.29, 0.717) is 0 Å². The third-order valence-electron chi connectivity index (χ3n) is 6.34. The Morgan fingerprint density at radius 1 is 0.946 bits per heavy atom. The summed E-state index contributed by atoms with van der Waals surface area (Å²) in [6, 6.07) is 17.4. The van der Waals surface area contributed by atoms with Crippen LogP contribution >= 0.6 is 0 Å². The number of allylic oxidation sites excluding steroid dienone is 3. The van der Waals surface area contributed by atoms with Crippen LogP contribution in [-0.4, -0.2) is 28.2 Å². The zero-order chi connectivity index (χ0) is 26.6. The highest BCUT2D eigenvalue weighted by Crippen LogP contribution is 2.45. The van der Waals surface area contributed by atoms with Gasteiger partial charge in [0.15, 0.2) is 5.78 Å². The first-order valence-corrected chi connectivity index (χ1v) is 12.8. The molecular formula is C32H36O5. The molecule has 0 aromatic heterocycles. The van der Waals surface area contributed by atoms with Crippen molar-refractivity contribution in [3.05, 3.63) is 101 Å². The molecule has 5 heteroatoms. The van der Waals surface area contributed by atoms with E-state index in [4.69, 9.17) is 4.74 Å². The Kier molecular flexibility index (Phi) is 10.4. The van der Waals surface area contributed by atoms with Gasteiger partial charge in [-0.05, 0) is 42.2 Å². The van der Waals surface area contributed by atoms with Crippen molar-refractivity contribution in [1.82, 2.24) is 0 Å². The maximum Gasteiger partial charge on any atom is 0.193 e. The number of methoxy groups -OCH3 is 1. The number of carbonyl (C=O) groups is 1. The van der Waals surface area contributed by atoms with E-state index in [1.165, 1.54) is 38.5 Å². The van der Waals surface area contributed by atoms with Crippen molar-refractivity contribution in [3.63, 3.8) is 0 Å². The Balaban J connectivity index is 2.00. The lowest BCUT2D eigenvalue weighted by Crippen LogP contribution is -2.06. The average Bonchev–Trinajstić information content (AvgIpc) is 2.91. The molecule has 0 aliphatic heterocycles. The molecule has 0 saturated heterocycles. The number of benzene rings is 3. The molecule has 0 aliphatic carbocycles. The summed E-state index contributed by atoms with van der Waals surface area (Å²) in [4.78, 5) is 13.2. The summed E-state index contributed by atoms with van der Waals surface area (Å²) in [5.74, 6) is -1.28. The molecule has 37 heavy (non-hydrogen) atoms. The van der Waals surface area contributed by atoms with Crippen molar-refractivity contribution in [2.24, 2.45) is 0 Å². The lowest BCUT2D eigenvalue weighted by atomic mass is 9.87. The standard InChI is InChI=1S/C32H36O5/c1-3-4-5-6-7-8-12-15-26(24-17-19-25(33)20-18-24)30-28(35)22-29(37-2)31(32(30)36)27(34)21-16-23-13-10-9-11-14-23/h9-22,26,33,35-36H,3-8H2,1-2H3/b15-12+,21-16+. The molecule has 0 saturated carbocycles. The van der Waals surface area contributed by atoms with Crippen molar-refractivity contribution in [3.8, 4) is 23.0 Å². The third-order valence-corrected chi connectivity index (χ3v) is 6.34. The van der Waals surface area contributed by atoms with Gasteiger partial charge >= 0.3 is 0 Å². The number of phenols is 3. The monoisotopic (exact) mass is 500 g/mol.